The van der Waals surface area contributed by atoms with Crippen molar-refractivity contribution in [2.45, 2.75) is 52.0 Å². The highest BCUT2D eigenvalue weighted by Crippen LogP contribution is 2.29. The van der Waals surface area contributed by atoms with Crippen LogP contribution >= 0.6 is 12.4 Å². The predicted octanol–water partition coefficient (Wildman–Crippen LogP) is 2.65. The van der Waals surface area contributed by atoms with E-state index in [1.807, 2.05) is 13.8 Å². The van der Waals surface area contributed by atoms with Gasteiger partial charge < -0.3 is 10.6 Å². The number of carbonyl (C=O) groups excluding carboxylic acids is 1. The van der Waals surface area contributed by atoms with Gasteiger partial charge in [-0.1, -0.05) is 33.8 Å². The highest BCUT2D eigenvalue weighted by molar-refractivity contribution is 7.89. The third-order valence-corrected chi connectivity index (χ3v) is 7.55. The number of amides is 1. The molecule has 1 aromatic carbocycles. The Labute approximate surface area is 169 Å². The number of aryl methyl sites for hydroxylation is 1. The molecule has 154 valence electrons. The van der Waals surface area contributed by atoms with Crippen molar-refractivity contribution in [2.75, 3.05) is 26.2 Å². The van der Waals surface area contributed by atoms with E-state index in [4.69, 9.17) is 5.73 Å². The standard InChI is InChI=1S/C19H31N3O3S.ClH/c1-6-22(7-2)26(24,25)16-12-15(9-8-14(16)3)18(23)21-11-10-17(20)19(4,5)13-21;/h8-9,12,17H,6-7,10-11,13,20H2,1-5H3;1H. The number of sulfonamides is 1. The predicted molar refractivity (Wildman–Crippen MR) is 111 cm³/mol. The van der Waals surface area contributed by atoms with E-state index in [9.17, 15) is 13.2 Å². The summed E-state index contributed by atoms with van der Waals surface area (Å²) in [5.41, 5.74) is 7.06. The molecule has 1 aliphatic rings. The Bertz CT molecular complexity index is 776. The van der Waals surface area contributed by atoms with E-state index < -0.39 is 10.0 Å². The monoisotopic (exact) mass is 417 g/mol. The molecule has 1 unspecified atom stereocenters. The Morgan fingerprint density at radius 3 is 2.41 bits per heavy atom. The number of nitrogens with zero attached hydrogens (tertiary/aromatic N) is 2. The Balaban J connectivity index is 0.00000364. The second kappa shape index (κ2) is 8.90. The fourth-order valence-electron chi connectivity index (χ4n) is 3.44. The van der Waals surface area contributed by atoms with Crippen LogP contribution < -0.4 is 5.73 Å². The molecule has 0 spiro atoms. The van der Waals surface area contributed by atoms with Gasteiger partial charge in [0.05, 0.1) is 4.90 Å². The minimum atomic E-state index is -3.61. The quantitative estimate of drug-likeness (QED) is 0.798. The zero-order valence-electron chi connectivity index (χ0n) is 16.9. The number of rotatable bonds is 5. The maximum Gasteiger partial charge on any atom is 0.253 e. The Kier molecular flexibility index (Phi) is 7.88. The third kappa shape index (κ3) is 4.83. The van der Waals surface area contributed by atoms with E-state index in [0.717, 1.165) is 6.42 Å². The zero-order chi connectivity index (χ0) is 19.7. The van der Waals surface area contributed by atoms with Gasteiger partial charge in [-0.25, -0.2) is 8.42 Å². The lowest BCUT2D eigenvalue weighted by Gasteiger charge is -2.42. The molecule has 1 heterocycles. The molecular formula is C19H32ClN3O3S. The van der Waals surface area contributed by atoms with Crippen molar-refractivity contribution in [2.24, 2.45) is 11.1 Å². The Hall–Kier alpha value is -1.15. The topological polar surface area (TPSA) is 83.7 Å². The molecule has 1 saturated heterocycles. The normalized spacial score (nSPS) is 19.7. The summed E-state index contributed by atoms with van der Waals surface area (Å²) in [7, 11) is -3.61. The van der Waals surface area contributed by atoms with E-state index in [1.54, 1.807) is 24.0 Å². The first-order valence-electron chi connectivity index (χ1n) is 9.20. The highest BCUT2D eigenvalue weighted by atomic mass is 35.5. The van der Waals surface area contributed by atoms with Gasteiger partial charge in [0.1, 0.15) is 0 Å². The first-order chi connectivity index (χ1) is 12.0. The number of carbonyl (C=O) groups is 1. The van der Waals surface area contributed by atoms with Crippen LogP contribution in [0.25, 0.3) is 0 Å². The van der Waals surface area contributed by atoms with Gasteiger partial charge in [0.15, 0.2) is 0 Å². The first-order valence-corrected chi connectivity index (χ1v) is 10.6. The Morgan fingerprint density at radius 1 is 1.30 bits per heavy atom. The molecule has 0 aromatic heterocycles. The van der Waals surface area contributed by atoms with Crippen LogP contribution in [0.1, 0.15) is 50.0 Å². The fourth-order valence-corrected chi connectivity index (χ4v) is 5.15. The average Bonchev–Trinajstić information content (AvgIpc) is 2.57. The van der Waals surface area contributed by atoms with Gasteiger partial charge in [-0.05, 0) is 36.5 Å². The molecule has 0 saturated carbocycles. The van der Waals surface area contributed by atoms with Crippen LogP contribution in [0.4, 0.5) is 0 Å². The lowest BCUT2D eigenvalue weighted by molar-refractivity contribution is 0.0532. The Morgan fingerprint density at radius 2 is 1.89 bits per heavy atom. The van der Waals surface area contributed by atoms with Gasteiger partial charge in [0, 0.05) is 37.8 Å². The smallest absolute Gasteiger partial charge is 0.253 e. The molecular weight excluding hydrogens is 386 g/mol. The lowest BCUT2D eigenvalue weighted by Crippen LogP contribution is -2.54. The third-order valence-electron chi connectivity index (χ3n) is 5.36. The minimum absolute atomic E-state index is 0. The molecule has 6 nitrogen and oxygen atoms in total. The molecule has 2 N–H and O–H groups in total. The summed E-state index contributed by atoms with van der Waals surface area (Å²) in [4.78, 5) is 15.0. The zero-order valence-corrected chi connectivity index (χ0v) is 18.5. The molecule has 1 atom stereocenters. The highest BCUT2D eigenvalue weighted by Gasteiger charge is 2.36. The van der Waals surface area contributed by atoms with Crippen molar-refractivity contribution >= 4 is 28.3 Å². The van der Waals surface area contributed by atoms with Gasteiger partial charge in [0.2, 0.25) is 10.0 Å². The van der Waals surface area contributed by atoms with Gasteiger partial charge in [0.25, 0.3) is 5.91 Å². The van der Waals surface area contributed by atoms with Crippen LogP contribution in [0, 0.1) is 12.3 Å². The van der Waals surface area contributed by atoms with Crippen LogP contribution in [0.3, 0.4) is 0 Å². The van der Waals surface area contributed by atoms with Crippen LogP contribution in [0.2, 0.25) is 0 Å². The first kappa shape index (κ1) is 23.9. The van der Waals surface area contributed by atoms with E-state index in [-0.39, 0.29) is 34.7 Å². The van der Waals surface area contributed by atoms with E-state index in [1.165, 1.54) is 10.4 Å². The summed E-state index contributed by atoms with van der Waals surface area (Å²) in [5.74, 6) is -0.138. The molecule has 8 heteroatoms. The summed E-state index contributed by atoms with van der Waals surface area (Å²) >= 11 is 0. The second-order valence-electron chi connectivity index (χ2n) is 7.68. The number of piperidine rings is 1. The fraction of sp³-hybridized carbons (Fsp3) is 0.632. The van der Waals surface area contributed by atoms with Crippen molar-refractivity contribution in [3.8, 4) is 0 Å². The molecule has 1 fully saturated rings. The average molecular weight is 418 g/mol. The molecule has 1 aliphatic heterocycles. The number of benzene rings is 1. The van der Waals surface area contributed by atoms with Crippen LogP contribution in [-0.4, -0.2) is 55.8 Å². The van der Waals surface area contributed by atoms with E-state index in [0.29, 0.717) is 37.3 Å². The van der Waals surface area contributed by atoms with Crippen LogP contribution in [-0.2, 0) is 10.0 Å². The van der Waals surface area contributed by atoms with Crippen LogP contribution in [0.5, 0.6) is 0 Å². The number of nitrogens with two attached hydrogens (primary N) is 1. The maximum absolute atomic E-state index is 13.0. The summed E-state index contributed by atoms with van der Waals surface area (Å²) in [6.07, 6.45) is 0.745. The molecule has 1 amide bonds. The summed E-state index contributed by atoms with van der Waals surface area (Å²) < 4.78 is 27.2. The van der Waals surface area contributed by atoms with E-state index >= 15 is 0 Å². The van der Waals surface area contributed by atoms with Crippen molar-refractivity contribution in [3.05, 3.63) is 29.3 Å². The number of halogens is 1. The maximum atomic E-state index is 13.0. The summed E-state index contributed by atoms with van der Waals surface area (Å²) in [6.45, 7) is 11.4. The van der Waals surface area contributed by atoms with Crippen molar-refractivity contribution in [1.82, 2.24) is 9.21 Å². The summed E-state index contributed by atoms with van der Waals surface area (Å²) in [5, 5.41) is 0. The largest absolute Gasteiger partial charge is 0.338 e. The van der Waals surface area contributed by atoms with E-state index in [2.05, 4.69) is 13.8 Å². The van der Waals surface area contributed by atoms with Gasteiger partial charge in [-0.3, -0.25) is 4.79 Å². The summed E-state index contributed by atoms with van der Waals surface area (Å²) in [6, 6.07) is 5.00. The van der Waals surface area contributed by atoms with Gasteiger partial charge in [-0.2, -0.15) is 4.31 Å². The number of hydrogen-bond donors (Lipinski definition) is 1. The van der Waals surface area contributed by atoms with Crippen LogP contribution in [0.15, 0.2) is 23.1 Å². The molecule has 2 rings (SSSR count). The molecule has 27 heavy (non-hydrogen) atoms. The van der Waals surface area contributed by atoms with Crippen molar-refractivity contribution < 1.29 is 13.2 Å². The number of likely N-dealkylation sites (tertiary alicyclic amines) is 1. The SMILES string of the molecule is CCN(CC)S(=O)(=O)c1cc(C(=O)N2CCC(N)C(C)(C)C2)ccc1C.Cl. The molecule has 0 radical (unpaired) electrons. The lowest BCUT2D eigenvalue weighted by atomic mass is 9.79. The van der Waals surface area contributed by atoms with Crippen molar-refractivity contribution in [1.29, 1.82) is 0 Å². The van der Waals surface area contributed by atoms with Gasteiger partial charge >= 0.3 is 0 Å². The minimum Gasteiger partial charge on any atom is -0.338 e. The number of hydrogen-bond acceptors (Lipinski definition) is 4. The molecule has 0 bridgehead atoms. The molecule has 0 aliphatic carbocycles. The molecule has 1 aromatic rings. The second-order valence-corrected chi connectivity index (χ2v) is 9.59. The van der Waals surface area contributed by atoms with Gasteiger partial charge in [-0.15, -0.1) is 12.4 Å². The van der Waals surface area contributed by atoms with Crippen molar-refractivity contribution in [3.63, 3.8) is 0 Å².